The highest BCUT2D eigenvalue weighted by molar-refractivity contribution is 7.98. The topological polar surface area (TPSA) is 101 Å². The van der Waals surface area contributed by atoms with Gasteiger partial charge in [-0.2, -0.15) is 11.8 Å². The molecule has 0 unspecified atom stereocenters. The maximum Gasteiger partial charge on any atom is 0.269 e. The molecule has 158 valence electrons. The molecule has 0 aliphatic heterocycles. The molecule has 1 aromatic heterocycles. The van der Waals surface area contributed by atoms with Crippen molar-refractivity contribution in [1.82, 2.24) is 14.9 Å². The van der Waals surface area contributed by atoms with Crippen LogP contribution < -0.4 is 10.0 Å². The summed E-state index contributed by atoms with van der Waals surface area (Å²) < 4.78 is 27.0. The minimum atomic E-state index is -3.80. The first-order valence-corrected chi connectivity index (χ1v) is 12.8. The monoisotopic (exact) mass is 502 g/mol. The van der Waals surface area contributed by atoms with Crippen molar-refractivity contribution in [2.45, 2.75) is 10.1 Å². The van der Waals surface area contributed by atoms with Crippen LogP contribution >= 0.6 is 46.3 Å². The van der Waals surface area contributed by atoms with Crippen LogP contribution in [-0.4, -0.2) is 36.8 Å². The van der Waals surface area contributed by atoms with Crippen LogP contribution in [0.15, 0.2) is 52.9 Å². The zero-order valence-electron chi connectivity index (χ0n) is 15.3. The molecule has 7 nitrogen and oxygen atoms in total. The largest absolute Gasteiger partial charge is 0.296 e. The van der Waals surface area contributed by atoms with E-state index in [4.69, 9.17) is 23.2 Å². The van der Waals surface area contributed by atoms with Gasteiger partial charge >= 0.3 is 0 Å². The number of hydrogen-bond acceptors (Lipinski definition) is 7. The Bertz CT molecular complexity index is 1100. The number of thioether (sulfide) groups is 1. The van der Waals surface area contributed by atoms with E-state index in [9.17, 15) is 13.2 Å². The van der Waals surface area contributed by atoms with Gasteiger partial charge in [0, 0.05) is 33.7 Å². The number of anilines is 1. The number of hydrogen-bond donors (Lipinski definition) is 2. The summed E-state index contributed by atoms with van der Waals surface area (Å²) in [4.78, 5) is 12.2. The van der Waals surface area contributed by atoms with E-state index in [-0.39, 0.29) is 16.0 Å². The van der Waals surface area contributed by atoms with E-state index >= 15 is 0 Å². The van der Waals surface area contributed by atoms with Crippen molar-refractivity contribution in [3.63, 3.8) is 0 Å². The van der Waals surface area contributed by atoms with Crippen LogP contribution in [0.1, 0.15) is 15.9 Å². The normalized spacial score (nSPS) is 11.4. The average Bonchev–Trinajstić information content (AvgIpc) is 3.19. The minimum absolute atomic E-state index is 0.0902. The number of carbonyl (C=O) groups is 1. The van der Waals surface area contributed by atoms with Gasteiger partial charge in [-0.15, -0.1) is 10.2 Å². The molecule has 0 saturated heterocycles. The van der Waals surface area contributed by atoms with Crippen LogP contribution in [0, 0.1) is 0 Å². The first-order chi connectivity index (χ1) is 14.3. The van der Waals surface area contributed by atoms with Gasteiger partial charge in [0.15, 0.2) is 0 Å². The second-order valence-corrected chi connectivity index (χ2v) is 10.8. The van der Waals surface area contributed by atoms with Gasteiger partial charge in [0.1, 0.15) is 0 Å². The number of carbonyl (C=O) groups excluding carboxylic acids is 1. The summed E-state index contributed by atoms with van der Waals surface area (Å²) in [6.45, 7) is 0.243. The van der Waals surface area contributed by atoms with Crippen LogP contribution in [0.4, 0.5) is 5.13 Å². The maximum atomic E-state index is 12.4. The maximum absolute atomic E-state index is 12.4. The number of aromatic nitrogens is 2. The highest BCUT2D eigenvalue weighted by Gasteiger charge is 2.20. The predicted octanol–water partition coefficient (Wildman–Crippen LogP) is 4.31. The van der Waals surface area contributed by atoms with Crippen LogP contribution in [0.2, 0.25) is 10.0 Å². The summed E-state index contributed by atoms with van der Waals surface area (Å²) in [5, 5.41) is 11.2. The molecule has 1 amide bonds. The minimum Gasteiger partial charge on any atom is -0.296 e. The number of halogens is 2. The third-order valence-corrected chi connectivity index (χ3v) is 7.89. The van der Waals surface area contributed by atoms with Crippen LogP contribution in [0.5, 0.6) is 0 Å². The summed E-state index contributed by atoms with van der Waals surface area (Å²) in [7, 11) is -3.80. The van der Waals surface area contributed by atoms with Gasteiger partial charge in [0.05, 0.1) is 0 Å². The molecule has 1 heterocycles. The molecule has 0 bridgehead atoms. The number of nitrogens with one attached hydrogen (secondary N) is 2. The highest BCUT2D eigenvalue weighted by atomic mass is 35.5. The summed E-state index contributed by atoms with van der Waals surface area (Å²) >= 11 is 14.0. The number of sulfonamides is 1. The van der Waals surface area contributed by atoms with Gasteiger partial charge in [-0.05, 0) is 42.0 Å². The molecule has 0 fully saturated rings. The van der Waals surface area contributed by atoms with E-state index in [1.807, 2.05) is 24.3 Å². The van der Waals surface area contributed by atoms with E-state index < -0.39 is 15.9 Å². The molecule has 2 aromatic carbocycles. The molecular formula is C18H16Cl2N4O3S3. The number of amides is 1. The molecule has 3 rings (SSSR count). The molecule has 0 atom stereocenters. The van der Waals surface area contributed by atoms with Gasteiger partial charge < -0.3 is 0 Å². The van der Waals surface area contributed by atoms with Gasteiger partial charge in [0.2, 0.25) is 9.47 Å². The molecule has 0 radical (unpaired) electrons. The lowest BCUT2D eigenvalue weighted by molar-refractivity contribution is 0.102. The van der Waals surface area contributed by atoms with Gasteiger partial charge in [-0.3, -0.25) is 10.1 Å². The standard InChI is InChI=1S/C18H16Cl2N4O3S3/c19-14-5-1-12(2-6-14)11-28-10-9-21-30(26,27)18-24-23-17(29-18)22-16(25)13-3-7-15(20)8-4-13/h1-8,21H,9-11H2,(H,22,23,25). The second-order valence-electron chi connectivity index (χ2n) is 5.91. The second kappa shape index (κ2) is 10.6. The molecule has 0 spiro atoms. The lowest BCUT2D eigenvalue weighted by Crippen LogP contribution is -2.26. The summed E-state index contributed by atoms with van der Waals surface area (Å²) in [6.07, 6.45) is 0. The first kappa shape index (κ1) is 23.0. The smallest absolute Gasteiger partial charge is 0.269 e. The molecule has 0 aliphatic rings. The van der Waals surface area contributed by atoms with E-state index in [0.717, 1.165) is 22.7 Å². The Morgan fingerprint density at radius 1 is 1.00 bits per heavy atom. The lowest BCUT2D eigenvalue weighted by atomic mass is 10.2. The predicted molar refractivity (Wildman–Crippen MR) is 122 cm³/mol. The van der Waals surface area contributed by atoms with Crippen LogP contribution in [0.25, 0.3) is 0 Å². The van der Waals surface area contributed by atoms with E-state index in [1.54, 1.807) is 36.0 Å². The van der Waals surface area contributed by atoms with Crippen molar-refractivity contribution in [3.05, 3.63) is 69.7 Å². The number of rotatable bonds is 9. The quantitative estimate of drug-likeness (QED) is 0.334. The van der Waals surface area contributed by atoms with Crippen molar-refractivity contribution in [2.24, 2.45) is 0 Å². The fourth-order valence-corrected chi connectivity index (χ4v) is 5.39. The van der Waals surface area contributed by atoms with Crippen LogP contribution in [0.3, 0.4) is 0 Å². The summed E-state index contributed by atoms with van der Waals surface area (Å²) in [6, 6.07) is 13.8. The Morgan fingerprint density at radius 3 is 2.30 bits per heavy atom. The fourth-order valence-electron chi connectivity index (χ4n) is 2.22. The molecule has 30 heavy (non-hydrogen) atoms. The SMILES string of the molecule is O=C(Nc1nnc(S(=O)(=O)NCCSCc2ccc(Cl)cc2)s1)c1ccc(Cl)cc1. The van der Waals surface area contributed by atoms with Crippen molar-refractivity contribution in [1.29, 1.82) is 0 Å². The van der Waals surface area contributed by atoms with E-state index in [2.05, 4.69) is 20.2 Å². The zero-order valence-corrected chi connectivity index (χ0v) is 19.3. The molecule has 3 aromatic rings. The summed E-state index contributed by atoms with van der Waals surface area (Å²) in [5.41, 5.74) is 1.48. The third-order valence-electron chi connectivity index (χ3n) is 3.68. The third kappa shape index (κ3) is 6.66. The number of nitrogens with zero attached hydrogens (tertiary/aromatic N) is 2. The van der Waals surface area contributed by atoms with Crippen molar-refractivity contribution >= 4 is 67.4 Å². The highest BCUT2D eigenvalue weighted by Crippen LogP contribution is 2.21. The first-order valence-electron chi connectivity index (χ1n) is 8.56. The molecule has 0 saturated carbocycles. The molecular weight excluding hydrogens is 487 g/mol. The van der Waals surface area contributed by atoms with Gasteiger partial charge in [-0.25, -0.2) is 13.1 Å². The molecule has 2 N–H and O–H groups in total. The van der Waals surface area contributed by atoms with Gasteiger partial charge in [-0.1, -0.05) is 46.7 Å². The Labute approximate surface area is 192 Å². The van der Waals surface area contributed by atoms with E-state index in [0.29, 0.717) is 21.4 Å². The summed E-state index contributed by atoms with van der Waals surface area (Å²) in [5.74, 6) is 0.901. The van der Waals surface area contributed by atoms with Crippen molar-refractivity contribution < 1.29 is 13.2 Å². The Morgan fingerprint density at radius 2 is 1.63 bits per heavy atom. The van der Waals surface area contributed by atoms with E-state index in [1.165, 1.54) is 0 Å². The zero-order chi connectivity index (χ0) is 21.6. The van der Waals surface area contributed by atoms with Crippen molar-refractivity contribution in [3.8, 4) is 0 Å². The number of benzene rings is 2. The Balaban J connectivity index is 1.47. The van der Waals surface area contributed by atoms with Gasteiger partial charge in [0.25, 0.3) is 15.9 Å². The lowest BCUT2D eigenvalue weighted by Gasteiger charge is -2.04. The average molecular weight is 503 g/mol. The van der Waals surface area contributed by atoms with Crippen LogP contribution in [-0.2, 0) is 15.8 Å². The Hall–Kier alpha value is -1.69. The fraction of sp³-hybridized carbons (Fsp3) is 0.167. The Kier molecular flexibility index (Phi) is 8.09. The molecule has 0 aliphatic carbocycles. The molecule has 12 heteroatoms. The van der Waals surface area contributed by atoms with Crippen molar-refractivity contribution in [2.75, 3.05) is 17.6 Å².